The van der Waals surface area contributed by atoms with Crippen LogP contribution < -0.4 is 15.8 Å². The molecule has 7 nitrogen and oxygen atoms in total. The molecule has 3 N–H and O–H groups in total. The lowest BCUT2D eigenvalue weighted by Crippen LogP contribution is -2.29. The minimum Gasteiger partial charge on any atom is -0.494 e. The molecule has 4 aliphatic rings. The lowest BCUT2D eigenvalue weighted by molar-refractivity contribution is 0.0872. The summed E-state index contributed by atoms with van der Waals surface area (Å²) in [5.74, 6) is 4.00. The Morgan fingerprint density at radius 2 is 1.90 bits per heavy atom. The second-order valence-electron chi connectivity index (χ2n) is 12.9. The summed E-state index contributed by atoms with van der Waals surface area (Å²) in [6.07, 6.45) is 6.89. The number of Topliss-reactive ketones (excluding diaryl/α,β-unsaturated/α-hetero) is 1. The first-order valence-electron chi connectivity index (χ1n) is 15.3. The predicted octanol–water partition coefficient (Wildman–Crippen LogP) is 5.24. The Labute approximate surface area is 235 Å². The standard InChI is InChI=1S/C33H39N5O2/c1-40-29-15-23(32(39)25-12-22-8-9-24(25)30(22)34)13-26-31(29)38(18-20-10-11-35-16-20)33(36-26)28-14-21-4-2-3-5-27(21)37(28)17-19-6-7-19/h2-5,13-15,19-20,22,24-25,30,35H,6-12,16-18,34H2,1H3/t20-,22+,24+,25?,30+/m0/s1. The fourth-order valence-corrected chi connectivity index (χ4v) is 8.08. The molecule has 40 heavy (non-hydrogen) atoms. The summed E-state index contributed by atoms with van der Waals surface area (Å²) in [6, 6.07) is 15.1. The number of nitrogens with one attached hydrogen (secondary N) is 1. The molecule has 7 heteroatoms. The monoisotopic (exact) mass is 537 g/mol. The van der Waals surface area contributed by atoms with Gasteiger partial charge in [-0.15, -0.1) is 0 Å². The summed E-state index contributed by atoms with van der Waals surface area (Å²) in [7, 11) is 1.72. The molecule has 5 atom stereocenters. The van der Waals surface area contributed by atoms with Gasteiger partial charge in [-0.3, -0.25) is 4.79 Å². The average Bonchev–Trinajstić information content (AvgIpc) is 3.34. The minimum atomic E-state index is 0.0168. The molecule has 2 aromatic carbocycles. The van der Waals surface area contributed by atoms with Crippen molar-refractivity contribution in [2.24, 2.45) is 35.3 Å². The van der Waals surface area contributed by atoms with E-state index in [1.807, 2.05) is 12.1 Å². The molecule has 8 rings (SSSR count). The fraction of sp³-hybridized carbons (Fsp3) is 0.515. The van der Waals surface area contributed by atoms with E-state index in [1.165, 1.54) is 23.7 Å². The van der Waals surface area contributed by atoms with Crippen LogP contribution in [0.1, 0.15) is 48.9 Å². The summed E-state index contributed by atoms with van der Waals surface area (Å²) < 4.78 is 10.9. The van der Waals surface area contributed by atoms with Crippen LogP contribution in [0.15, 0.2) is 42.5 Å². The second kappa shape index (κ2) is 9.45. The number of fused-ring (bicyclic) bond motifs is 4. The van der Waals surface area contributed by atoms with Gasteiger partial charge in [0.1, 0.15) is 11.3 Å². The largest absolute Gasteiger partial charge is 0.494 e. The van der Waals surface area contributed by atoms with Crippen molar-refractivity contribution in [1.82, 2.24) is 19.4 Å². The van der Waals surface area contributed by atoms with Crippen molar-refractivity contribution >= 4 is 27.7 Å². The molecule has 208 valence electrons. The van der Waals surface area contributed by atoms with E-state index in [4.69, 9.17) is 15.5 Å². The van der Waals surface area contributed by atoms with Crippen LogP contribution in [0.2, 0.25) is 0 Å². The lowest BCUT2D eigenvalue weighted by Gasteiger charge is -2.21. The molecule has 0 radical (unpaired) electrons. The van der Waals surface area contributed by atoms with Gasteiger partial charge in [-0.1, -0.05) is 18.2 Å². The number of nitrogens with zero attached hydrogens (tertiary/aromatic N) is 3. The van der Waals surface area contributed by atoms with Crippen molar-refractivity contribution in [3.05, 3.63) is 48.0 Å². The minimum absolute atomic E-state index is 0.0168. The number of ketones is 1. The van der Waals surface area contributed by atoms with E-state index in [9.17, 15) is 4.79 Å². The van der Waals surface area contributed by atoms with Gasteiger partial charge in [0.15, 0.2) is 11.6 Å². The van der Waals surface area contributed by atoms with Gasteiger partial charge in [0.25, 0.3) is 0 Å². The molecule has 4 fully saturated rings. The number of para-hydroxylation sites is 1. The van der Waals surface area contributed by atoms with Gasteiger partial charge in [-0.2, -0.15) is 0 Å². The summed E-state index contributed by atoms with van der Waals surface area (Å²) in [6.45, 7) is 3.95. The summed E-state index contributed by atoms with van der Waals surface area (Å²) in [5, 5.41) is 4.78. The van der Waals surface area contributed by atoms with E-state index in [0.29, 0.717) is 23.3 Å². The van der Waals surface area contributed by atoms with Crippen molar-refractivity contribution in [2.45, 2.75) is 57.7 Å². The van der Waals surface area contributed by atoms with Crippen molar-refractivity contribution in [2.75, 3.05) is 20.2 Å². The van der Waals surface area contributed by atoms with Crippen LogP contribution in [0.25, 0.3) is 33.5 Å². The zero-order valence-corrected chi connectivity index (χ0v) is 23.3. The zero-order chi connectivity index (χ0) is 27.0. The van der Waals surface area contributed by atoms with Crippen LogP contribution in [0.4, 0.5) is 0 Å². The van der Waals surface area contributed by atoms with Gasteiger partial charge in [-0.05, 0) is 99.6 Å². The van der Waals surface area contributed by atoms with Crippen molar-refractivity contribution in [3.8, 4) is 17.3 Å². The van der Waals surface area contributed by atoms with E-state index < -0.39 is 0 Å². The average molecular weight is 538 g/mol. The van der Waals surface area contributed by atoms with E-state index in [2.05, 4.69) is 44.8 Å². The Kier molecular flexibility index (Phi) is 5.82. The SMILES string of the molecule is COc1cc(C(=O)C2C[C@H]3CC[C@H]2[C@@H]3N)cc2nc(-c3cc4ccccc4n3CC3CC3)n(C[C@H]3CCNC3)c12. The van der Waals surface area contributed by atoms with E-state index in [1.54, 1.807) is 7.11 Å². The van der Waals surface area contributed by atoms with E-state index in [0.717, 1.165) is 86.1 Å². The highest BCUT2D eigenvalue weighted by atomic mass is 16.5. The number of methoxy groups -OCH3 is 1. The summed E-state index contributed by atoms with van der Waals surface area (Å²) >= 11 is 0. The summed E-state index contributed by atoms with van der Waals surface area (Å²) in [5.41, 5.74) is 11.5. The quantitative estimate of drug-likeness (QED) is 0.300. The number of hydrogen-bond acceptors (Lipinski definition) is 5. The van der Waals surface area contributed by atoms with Crippen LogP contribution in [0.3, 0.4) is 0 Å². The second-order valence-corrected chi connectivity index (χ2v) is 12.9. The molecule has 3 aliphatic carbocycles. The molecular weight excluding hydrogens is 498 g/mol. The van der Waals surface area contributed by atoms with Crippen LogP contribution in [0, 0.1) is 29.6 Å². The molecule has 3 heterocycles. The van der Waals surface area contributed by atoms with Gasteiger partial charge in [-0.25, -0.2) is 4.98 Å². The molecule has 1 saturated heterocycles. The number of nitrogens with two attached hydrogens (primary N) is 1. The highest BCUT2D eigenvalue weighted by molar-refractivity contribution is 6.03. The third-order valence-corrected chi connectivity index (χ3v) is 10.4. The Morgan fingerprint density at radius 3 is 2.62 bits per heavy atom. The summed E-state index contributed by atoms with van der Waals surface area (Å²) in [4.78, 5) is 19.2. The molecule has 4 aromatic rings. The third-order valence-electron chi connectivity index (χ3n) is 10.4. The molecule has 0 spiro atoms. The van der Waals surface area contributed by atoms with Gasteiger partial charge in [0.05, 0.1) is 18.3 Å². The predicted molar refractivity (Wildman–Crippen MR) is 158 cm³/mol. The fourth-order valence-electron chi connectivity index (χ4n) is 8.08. The Morgan fingerprint density at radius 1 is 1.05 bits per heavy atom. The van der Waals surface area contributed by atoms with Crippen LogP contribution in [0.5, 0.6) is 5.75 Å². The molecule has 2 bridgehead atoms. The first-order chi connectivity index (χ1) is 19.6. The maximum atomic E-state index is 13.9. The molecule has 1 unspecified atom stereocenters. The van der Waals surface area contributed by atoms with Gasteiger partial charge < -0.3 is 24.9 Å². The topological polar surface area (TPSA) is 87.1 Å². The number of carbonyl (C=O) groups excluding carboxylic acids is 1. The number of rotatable bonds is 8. The van der Waals surface area contributed by atoms with Crippen molar-refractivity contribution in [3.63, 3.8) is 0 Å². The third kappa shape index (κ3) is 3.92. The molecule has 0 amide bonds. The Balaban J connectivity index is 1.29. The van der Waals surface area contributed by atoms with Crippen LogP contribution >= 0.6 is 0 Å². The first-order valence-corrected chi connectivity index (χ1v) is 15.3. The molecular formula is C33H39N5O2. The molecule has 3 saturated carbocycles. The lowest BCUT2D eigenvalue weighted by atomic mass is 9.83. The van der Waals surface area contributed by atoms with Crippen LogP contribution in [-0.2, 0) is 13.1 Å². The smallest absolute Gasteiger partial charge is 0.166 e. The van der Waals surface area contributed by atoms with Gasteiger partial charge in [0.2, 0.25) is 0 Å². The first kappa shape index (κ1) is 24.6. The van der Waals surface area contributed by atoms with Gasteiger partial charge in [0, 0.05) is 41.5 Å². The number of aromatic nitrogens is 3. The Hall–Kier alpha value is -3.16. The molecule has 1 aliphatic heterocycles. The van der Waals surface area contributed by atoms with Crippen molar-refractivity contribution < 1.29 is 9.53 Å². The van der Waals surface area contributed by atoms with E-state index in [-0.39, 0.29) is 17.7 Å². The normalized spacial score (nSPS) is 27.8. The van der Waals surface area contributed by atoms with Gasteiger partial charge >= 0.3 is 0 Å². The van der Waals surface area contributed by atoms with E-state index >= 15 is 0 Å². The number of ether oxygens (including phenoxy) is 1. The highest BCUT2D eigenvalue weighted by Crippen LogP contribution is 2.49. The number of benzene rings is 2. The Bertz CT molecular complexity index is 1610. The molecule has 2 aromatic heterocycles. The van der Waals surface area contributed by atoms with Crippen molar-refractivity contribution in [1.29, 1.82) is 0 Å². The highest BCUT2D eigenvalue weighted by Gasteiger charge is 2.49. The zero-order valence-electron chi connectivity index (χ0n) is 23.3. The number of carbonyl (C=O) groups is 1. The number of imidazole rings is 1. The maximum Gasteiger partial charge on any atom is 0.166 e. The number of hydrogen-bond donors (Lipinski definition) is 2. The van der Waals surface area contributed by atoms with Crippen LogP contribution in [-0.4, -0.2) is 46.1 Å². The maximum absolute atomic E-state index is 13.9.